The molecule has 0 aliphatic carbocycles. The van der Waals surface area contributed by atoms with Gasteiger partial charge in [-0.05, 0) is 105 Å². The molecule has 0 unspecified atom stereocenters. The molecule has 0 aromatic carbocycles. The zero-order chi connectivity index (χ0) is 21.7. The summed E-state index contributed by atoms with van der Waals surface area (Å²) in [5.74, 6) is 0.933. The third-order valence-corrected chi connectivity index (χ3v) is 9.53. The van der Waals surface area contributed by atoms with Crippen LogP contribution in [0.2, 0.25) is 0 Å². The van der Waals surface area contributed by atoms with Gasteiger partial charge in [0.15, 0.2) is 9.84 Å². The van der Waals surface area contributed by atoms with E-state index in [4.69, 9.17) is 0 Å². The van der Waals surface area contributed by atoms with Gasteiger partial charge in [-0.1, -0.05) is 28.2 Å². The molecule has 0 atom stereocenters. The van der Waals surface area contributed by atoms with Crippen molar-refractivity contribution in [3.8, 4) is 0 Å². The molecule has 0 aromatic rings. The fraction of sp³-hybridized carbons (Fsp3) is 1.00. The van der Waals surface area contributed by atoms with Crippen molar-refractivity contribution >= 4 is 9.84 Å². The maximum absolute atomic E-state index is 11.9. The van der Waals surface area contributed by atoms with Gasteiger partial charge in [0.25, 0.3) is 0 Å². The molecular formula is C24H52N2O2S. The topological polar surface area (TPSA) is 40.6 Å². The Morgan fingerprint density at radius 3 is 1.34 bits per heavy atom. The molecule has 29 heavy (non-hydrogen) atoms. The first-order valence-electron chi connectivity index (χ1n) is 11.5. The SMILES string of the molecule is C.CC(C)N1CCC(C(C)(C)C)CC1.CC(C)N1CCC(S(=O)(=O)C(C)C)CC1. The highest BCUT2D eigenvalue weighted by Gasteiger charge is 2.32. The lowest BCUT2D eigenvalue weighted by atomic mass is 9.75. The minimum absolute atomic E-state index is 0. The number of rotatable bonds is 4. The fourth-order valence-electron chi connectivity index (χ4n) is 4.39. The average Bonchev–Trinajstić information content (AvgIpc) is 2.61. The monoisotopic (exact) mass is 432 g/mol. The van der Waals surface area contributed by atoms with E-state index in [1.807, 2.05) is 0 Å². The van der Waals surface area contributed by atoms with Crippen LogP contribution in [-0.4, -0.2) is 67.0 Å². The minimum Gasteiger partial charge on any atom is -0.301 e. The van der Waals surface area contributed by atoms with E-state index in [1.54, 1.807) is 13.8 Å². The van der Waals surface area contributed by atoms with Crippen LogP contribution >= 0.6 is 0 Å². The largest absolute Gasteiger partial charge is 0.301 e. The summed E-state index contributed by atoms with van der Waals surface area (Å²) >= 11 is 0. The molecule has 0 saturated carbocycles. The van der Waals surface area contributed by atoms with E-state index >= 15 is 0 Å². The maximum atomic E-state index is 11.9. The normalized spacial score (nSPS) is 21.2. The summed E-state index contributed by atoms with van der Waals surface area (Å²) in [5.41, 5.74) is 0.517. The number of nitrogens with zero attached hydrogens (tertiary/aromatic N) is 2. The average molecular weight is 433 g/mol. The van der Waals surface area contributed by atoms with Crippen molar-refractivity contribution in [2.45, 2.75) is 118 Å². The van der Waals surface area contributed by atoms with Gasteiger partial charge >= 0.3 is 0 Å². The van der Waals surface area contributed by atoms with Gasteiger partial charge in [-0.15, -0.1) is 0 Å². The number of hydrogen-bond donors (Lipinski definition) is 0. The Labute approximate surface area is 183 Å². The van der Waals surface area contributed by atoms with Crippen molar-refractivity contribution in [2.75, 3.05) is 26.2 Å². The van der Waals surface area contributed by atoms with Crippen molar-refractivity contribution in [1.82, 2.24) is 9.80 Å². The smallest absolute Gasteiger partial charge is 0.155 e. The third kappa shape index (κ3) is 8.86. The predicted molar refractivity (Wildman–Crippen MR) is 129 cm³/mol. The standard InChI is InChI=1S/C12H25N.C11H23NO2S.CH4/c1-10(2)13-8-6-11(7-9-13)12(3,4)5;1-9(2)12-7-5-11(6-8-12)15(13,14)10(3)4;/h10-11H,6-9H2,1-5H3;9-11H,5-8H2,1-4H3;1H4. The summed E-state index contributed by atoms with van der Waals surface area (Å²) < 4.78 is 23.9. The molecule has 2 fully saturated rings. The lowest BCUT2D eigenvalue weighted by molar-refractivity contribution is 0.0930. The molecule has 0 N–H and O–H groups in total. The molecule has 0 spiro atoms. The summed E-state index contributed by atoms with van der Waals surface area (Å²) in [6.45, 7) is 24.1. The molecular weight excluding hydrogens is 380 g/mol. The molecule has 0 amide bonds. The molecule has 176 valence electrons. The molecule has 5 heteroatoms. The van der Waals surface area contributed by atoms with Crippen LogP contribution in [0.4, 0.5) is 0 Å². The lowest BCUT2D eigenvalue weighted by Gasteiger charge is -2.40. The fourth-order valence-corrected chi connectivity index (χ4v) is 6.03. The van der Waals surface area contributed by atoms with E-state index in [0.29, 0.717) is 11.5 Å². The molecule has 2 heterocycles. The highest BCUT2D eigenvalue weighted by Crippen LogP contribution is 2.34. The van der Waals surface area contributed by atoms with Gasteiger partial charge in [-0.25, -0.2) is 8.42 Å². The zero-order valence-electron chi connectivity index (χ0n) is 20.2. The number of piperidine rings is 2. The molecule has 0 bridgehead atoms. The molecule has 0 aromatic heterocycles. The van der Waals surface area contributed by atoms with Crippen LogP contribution in [0, 0.1) is 11.3 Å². The Balaban J connectivity index is 0.000000527. The first-order chi connectivity index (χ1) is 12.8. The van der Waals surface area contributed by atoms with E-state index in [2.05, 4.69) is 58.3 Å². The summed E-state index contributed by atoms with van der Waals surface area (Å²) in [5, 5.41) is -0.333. The second kappa shape index (κ2) is 12.0. The summed E-state index contributed by atoms with van der Waals surface area (Å²) in [6.07, 6.45) is 4.39. The highest BCUT2D eigenvalue weighted by atomic mass is 32.2. The van der Waals surface area contributed by atoms with E-state index in [-0.39, 0.29) is 17.9 Å². The van der Waals surface area contributed by atoms with Crippen LogP contribution in [0.25, 0.3) is 0 Å². The quantitative estimate of drug-likeness (QED) is 0.590. The summed E-state index contributed by atoms with van der Waals surface area (Å²) in [6, 6.07) is 1.27. The first-order valence-corrected chi connectivity index (χ1v) is 13.1. The van der Waals surface area contributed by atoms with Gasteiger partial charge in [0.1, 0.15) is 0 Å². The van der Waals surface area contributed by atoms with E-state index in [9.17, 15) is 8.42 Å². The second-order valence-electron chi connectivity index (χ2n) is 10.7. The minimum atomic E-state index is -2.88. The zero-order valence-corrected chi connectivity index (χ0v) is 21.0. The summed E-state index contributed by atoms with van der Waals surface area (Å²) in [7, 11) is -2.88. The third-order valence-electron chi connectivity index (χ3n) is 6.81. The van der Waals surface area contributed by atoms with Gasteiger partial charge in [0.2, 0.25) is 0 Å². The van der Waals surface area contributed by atoms with E-state index in [1.165, 1.54) is 25.9 Å². The van der Waals surface area contributed by atoms with Gasteiger partial charge in [0, 0.05) is 12.1 Å². The first kappa shape index (κ1) is 28.9. The van der Waals surface area contributed by atoms with Crippen LogP contribution in [0.3, 0.4) is 0 Å². The Kier molecular flexibility index (Phi) is 12.0. The molecule has 2 aliphatic rings. The molecule has 2 rings (SSSR count). The van der Waals surface area contributed by atoms with E-state index < -0.39 is 9.84 Å². The van der Waals surface area contributed by atoms with Crippen LogP contribution < -0.4 is 0 Å². The van der Waals surface area contributed by atoms with Crippen LogP contribution in [0.1, 0.15) is 95.4 Å². The highest BCUT2D eigenvalue weighted by molar-refractivity contribution is 7.92. The van der Waals surface area contributed by atoms with Gasteiger partial charge in [-0.3, -0.25) is 0 Å². The van der Waals surface area contributed by atoms with Gasteiger partial charge in [-0.2, -0.15) is 0 Å². The molecule has 4 nitrogen and oxygen atoms in total. The Morgan fingerprint density at radius 1 is 0.724 bits per heavy atom. The number of hydrogen-bond acceptors (Lipinski definition) is 4. The number of likely N-dealkylation sites (tertiary alicyclic amines) is 2. The van der Waals surface area contributed by atoms with Crippen molar-refractivity contribution < 1.29 is 8.42 Å². The maximum Gasteiger partial charge on any atom is 0.155 e. The predicted octanol–water partition coefficient (Wildman–Crippen LogP) is 5.47. The number of sulfone groups is 1. The Hall–Kier alpha value is -0.130. The lowest BCUT2D eigenvalue weighted by Crippen LogP contribution is -2.44. The van der Waals surface area contributed by atoms with Crippen molar-refractivity contribution in [3.05, 3.63) is 0 Å². The van der Waals surface area contributed by atoms with Crippen LogP contribution in [-0.2, 0) is 9.84 Å². The van der Waals surface area contributed by atoms with E-state index in [0.717, 1.165) is 37.9 Å². The van der Waals surface area contributed by atoms with Crippen LogP contribution in [0.5, 0.6) is 0 Å². The Morgan fingerprint density at radius 2 is 1.07 bits per heavy atom. The van der Waals surface area contributed by atoms with Gasteiger partial charge < -0.3 is 9.80 Å². The van der Waals surface area contributed by atoms with Crippen molar-refractivity contribution in [3.63, 3.8) is 0 Å². The molecule has 2 saturated heterocycles. The van der Waals surface area contributed by atoms with Gasteiger partial charge in [0.05, 0.1) is 10.5 Å². The molecule has 0 radical (unpaired) electrons. The Bertz CT molecular complexity index is 534. The van der Waals surface area contributed by atoms with Crippen molar-refractivity contribution in [1.29, 1.82) is 0 Å². The summed E-state index contributed by atoms with van der Waals surface area (Å²) in [4.78, 5) is 4.95. The second-order valence-corrected chi connectivity index (χ2v) is 13.5. The molecule has 2 aliphatic heterocycles. The van der Waals surface area contributed by atoms with Crippen molar-refractivity contribution in [2.24, 2.45) is 11.3 Å². The van der Waals surface area contributed by atoms with Crippen LogP contribution in [0.15, 0.2) is 0 Å².